The largest absolute Gasteiger partial charge is 0.493 e. The van der Waals surface area contributed by atoms with E-state index in [2.05, 4.69) is 10.3 Å². The molecule has 1 aromatic heterocycles. The molecular weight excluding hydrogens is 300 g/mol. The van der Waals surface area contributed by atoms with Gasteiger partial charge in [-0.25, -0.2) is 4.98 Å². The van der Waals surface area contributed by atoms with Crippen molar-refractivity contribution in [1.29, 1.82) is 0 Å². The molecular formula is C16H18N2O3S. The second-order valence-corrected chi connectivity index (χ2v) is 5.58. The van der Waals surface area contributed by atoms with E-state index in [0.29, 0.717) is 22.9 Å². The molecule has 0 spiro atoms. The smallest absolute Gasteiger partial charge is 0.234 e. The number of ether oxygens (including phenoxy) is 2. The number of pyridine rings is 1. The van der Waals surface area contributed by atoms with Crippen LogP contribution in [0.2, 0.25) is 0 Å². The van der Waals surface area contributed by atoms with E-state index in [1.54, 1.807) is 38.6 Å². The van der Waals surface area contributed by atoms with Crippen LogP contribution in [0.3, 0.4) is 0 Å². The first-order valence-corrected chi connectivity index (χ1v) is 7.68. The van der Waals surface area contributed by atoms with Gasteiger partial charge in [-0.15, -0.1) is 0 Å². The topological polar surface area (TPSA) is 60.5 Å². The van der Waals surface area contributed by atoms with Crippen LogP contribution in [0.15, 0.2) is 41.6 Å². The maximum Gasteiger partial charge on any atom is 0.234 e. The van der Waals surface area contributed by atoms with Crippen LogP contribution in [-0.4, -0.2) is 30.9 Å². The summed E-state index contributed by atoms with van der Waals surface area (Å²) in [5.74, 6) is 1.40. The Balaban J connectivity index is 1.93. The molecule has 0 aliphatic rings. The number of benzene rings is 1. The fraction of sp³-hybridized carbons (Fsp3) is 0.250. The van der Waals surface area contributed by atoms with Crippen LogP contribution in [0.5, 0.6) is 11.5 Å². The van der Waals surface area contributed by atoms with Crippen LogP contribution in [0, 0.1) is 6.92 Å². The summed E-state index contributed by atoms with van der Waals surface area (Å²) in [7, 11) is 3.13. The summed E-state index contributed by atoms with van der Waals surface area (Å²) in [6.45, 7) is 1.98. The van der Waals surface area contributed by atoms with Gasteiger partial charge >= 0.3 is 0 Å². The number of amides is 1. The number of hydrogen-bond donors (Lipinski definition) is 1. The van der Waals surface area contributed by atoms with E-state index in [0.717, 1.165) is 10.6 Å². The number of nitrogens with one attached hydrogen (secondary N) is 1. The van der Waals surface area contributed by atoms with Crippen molar-refractivity contribution < 1.29 is 14.3 Å². The Morgan fingerprint density at radius 2 is 1.95 bits per heavy atom. The first-order valence-electron chi connectivity index (χ1n) is 6.69. The van der Waals surface area contributed by atoms with Crippen molar-refractivity contribution in [2.24, 2.45) is 0 Å². The minimum atomic E-state index is -0.0976. The van der Waals surface area contributed by atoms with Gasteiger partial charge in [-0.2, -0.15) is 0 Å². The van der Waals surface area contributed by atoms with Crippen LogP contribution in [0.4, 0.5) is 5.69 Å². The molecule has 0 aliphatic heterocycles. The second kappa shape index (κ2) is 7.70. The first kappa shape index (κ1) is 16.2. The van der Waals surface area contributed by atoms with Gasteiger partial charge in [-0.1, -0.05) is 17.8 Å². The van der Waals surface area contributed by atoms with Gasteiger partial charge in [0.25, 0.3) is 0 Å². The zero-order valence-corrected chi connectivity index (χ0v) is 13.6. The van der Waals surface area contributed by atoms with E-state index in [1.165, 1.54) is 11.8 Å². The molecule has 1 heterocycles. The molecule has 5 nitrogen and oxygen atoms in total. The highest BCUT2D eigenvalue weighted by Crippen LogP contribution is 2.29. The van der Waals surface area contributed by atoms with Crippen LogP contribution in [-0.2, 0) is 4.79 Å². The lowest BCUT2D eigenvalue weighted by Crippen LogP contribution is -2.14. The number of rotatable bonds is 6. The molecule has 0 aliphatic carbocycles. The summed E-state index contributed by atoms with van der Waals surface area (Å²) in [4.78, 5) is 16.2. The van der Waals surface area contributed by atoms with Crippen molar-refractivity contribution in [3.8, 4) is 11.5 Å². The zero-order valence-electron chi connectivity index (χ0n) is 12.8. The van der Waals surface area contributed by atoms with Crippen LogP contribution in [0.25, 0.3) is 0 Å². The van der Waals surface area contributed by atoms with Gasteiger partial charge in [0.1, 0.15) is 0 Å². The minimum Gasteiger partial charge on any atom is -0.493 e. The molecule has 22 heavy (non-hydrogen) atoms. The lowest BCUT2D eigenvalue weighted by Gasteiger charge is -2.10. The van der Waals surface area contributed by atoms with Crippen molar-refractivity contribution in [2.45, 2.75) is 11.9 Å². The molecule has 2 rings (SSSR count). The van der Waals surface area contributed by atoms with E-state index >= 15 is 0 Å². The Morgan fingerprint density at radius 3 is 2.59 bits per heavy atom. The number of anilines is 1. The highest BCUT2D eigenvalue weighted by molar-refractivity contribution is 7.99. The third-order valence-corrected chi connectivity index (χ3v) is 3.85. The number of carbonyl (C=O) groups is 1. The maximum atomic E-state index is 12.0. The zero-order chi connectivity index (χ0) is 15.9. The molecule has 1 N–H and O–H groups in total. The Morgan fingerprint density at radius 1 is 1.18 bits per heavy atom. The Labute approximate surface area is 134 Å². The third kappa shape index (κ3) is 4.39. The number of aromatic nitrogens is 1. The molecule has 6 heteroatoms. The van der Waals surface area contributed by atoms with Gasteiger partial charge in [-0.05, 0) is 30.7 Å². The van der Waals surface area contributed by atoms with Crippen molar-refractivity contribution in [1.82, 2.24) is 4.98 Å². The number of hydrogen-bond acceptors (Lipinski definition) is 5. The molecule has 0 atom stereocenters. The standard InChI is InChI=1S/C16H18N2O3S/c1-11-4-7-16(17-9-11)22-10-15(19)18-12-5-6-13(20-2)14(8-12)21-3/h4-9H,10H2,1-3H3,(H,18,19). The molecule has 1 aromatic carbocycles. The summed E-state index contributed by atoms with van der Waals surface area (Å²) < 4.78 is 10.4. The molecule has 116 valence electrons. The fourth-order valence-electron chi connectivity index (χ4n) is 1.79. The van der Waals surface area contributed by atoms with E-state index in [-0.39, 0.29) is 5.91 Å². The molecule has 0 unspecified atom stereocenters. The van der Waals surface area contributed by atoms with Crippen molar-refractivity contribution in [3.05, 3.63) is 42.1 Å². The highest BCUT2D eigenvalue weighted by atomic mass is 32.2. The van der Waals surface area contributed by atoms with Crippen molar-refractivity contribution in [2.75, 3.05) is 25.3 Å². The second-order valence-electron chi connectivity index (χ2n) is 4.58. The molecule has 0 radical (unpaired) electrons. The number of carbonyl (C=O) groups excluding carboxylic acids is 1. The molecule has 0 saturated carbocycles. The Kier molecular flexibility index (Phi) is 5.66. The molecule has 1 amide bonds. The number of nitrogens with zero attached hydrogens (tertiary/aromatic N) is 1. The lowest BCUT2D eigenvalue weighted by molar-refractivity contribution is -0.113. The van der Waals surface area contributed by atoms with E-state index in [4.69, 9.17) is 9.47 Å². The predicted octanol–water partition coefficient (Wildman–Crippen LogP) is 3.14. The summed E-state index contributed by atoms with van der Waals surface area (Å²) in [5.41, 5.74) is 1.76. The van der Waals surface area contributed by atoms with Crippen molar-refractivity contribution in [3.63, 3.8) is 0 Å². The SMILES string of the molecule is COc1ccc(NC(=O)CSc2ccc(C)cn2)cc1OC. The lowest BCUT2D eigenvalue weighted by atomic mass is 10.2. The molecule has 0 fully saturated rings. The van der Waals surface area contributed by atoms with Gasteiger partial charge in [0.2, 0.25) is 5.91 Å². The summed E-state index contributed by atoms with van der Waals surface area (Å²) in [6, 6.07) is 9.13. The molecule has 2 aromatic rings. The van der Waals surface area contributed by atoms with Gasteiger partial charge in [0.15, 0.2) is 11.5 Å². The average molecular weight is 318 g/mol. The maximum absolute atomic E-state index is 12.0. The predicted molar refractivity (Wildman–Crippen MR) is 87.9 cm³/mol. The number of thioether (sulfide) groups is 1. The van der Waals surface area contributed by atoms with Crippen LogP contribution >= 0.6 is 11.8 Å². The van der Waals surface area contributed by atoms with E-state index < -0.39 is 0 Å². The minimum absolute atomic E-state index is 0.0976. The van der Waals surface area contributed by atoms with Crippen LogP contribution < -0.4 is 14.8 Å². The Hall–Kier alpha value is -2.21. The molecule has 0 bridgehead atoms. The summed E-state index contributed by atoms with van der Waals surface area (Å²) in [5, 5.41) is 3.65. The molecule has 0 saturated heterocycles. The normalized spacial score (nSPS) is 10.1. The van der Waals surface area contributed by atoms with Gasteiger partial charge in [0.05, 0.1) is 25.0 Å². The van der Waals surface area contributed by atoms with Crippen LogP contribution in [0.1, 0.15) is 5.56 Å². The van der Waals surface area contributed by atoms with Gasteiger partial charge < -0.3 is 14.8 Å². The fourth-order valence-corrected chi connectivity index (χ4v) is 2.43. The number of methoxy groups -OCH3 is 2. The average Bonchev–Trinajstić information content (AvgIpc) is 2.54. The summed E-state index contributed by atoms with van der Waals surface area (Å²) >= 11 is 1.39. The number of aryl methyl sites for hydroxylation is 1. The summed E-state index contributed by atoms with van der Waals surface area (Å²) in [6.07, 6.45) is 1.79. The quantitative estimate of drug-likeness (QED) is 0.829. The van der Waals surface area contributed by atoms with Crippen molar-refractivity contribution >= 4 is 23.4 Å². The monoisotopic (exact) mass is 318 g/mol. The first-order chi connectivity index (χ1) is 10.6. The third-order valence-electron chi connectivity index (χ3n) is 2.90. The highest BCUT2D eigenvalue weighted by Gasteiger charge is 2.08. The van der Waals surface area contributed by atoms with Gasteiger partial charge in [0, 0.05) is 18.0 Å². The Bertz CT molecular complexity index is 644. The van der Waals surface area contributed by atoms with Gasteiger partial charge in [-0.3, -0.25) is 4.79 Å². The van der Waals surface area contributed by atoms with E-state index in [1.807, 2.05) is 19.1 Å². The van der Waals surface area contributed by atoms with E-state index in [9.17, 15) is 4.79 Å².